The van der Waals surface area contributed by atoms with Gasteiger partial charge in [-0.3, -0.25) is 14.3 Å². The van der Waals surface area contributed by atoms with Gasteiger partial charge in [0.05, 0.1) is 36.6 Å². The summed E-state index contributed by atoms with van der Waals surface area (Å²) >= 11 is 3.64. The zero-order chi connectivity index (χ0) is 33.8. The number of aryl methyl sites for hydroxylation is 1. The number of hydrogen-bond acceptors (Lipinski definition) is 7. The maximum Gasteiger partial charge on any atom is 0.264 e. The maximum atomic E-state index is 14.8. The lowest BCUT2D eigenvalue weighted by Gasteiger charge is -2.32. The number of benzene rings is 3. The third-order valence-corrected chi connectivity index (χ3v) is 13.3. The van der Waals surface area contributed by atoms with Crippen LogP contribution >= 0.6 is 15.9 Å². The minimum Gasteiger partial charge on any atom is -0.432 e. The van der Waals surface area contributed by atoms with E-state index in [1.54, 1.807) is 14.5 Å². The van der Waals surface area contributed by atoms with Crippen molar-refractivity contribution in [1.29, 1.82) is 0 Å². The Morgan fingerprint density at radius 2 is 1.88 bits per heavy atom. The lowest BCUT2D eigenvalue weighted by molar-refractivity contribution is -0.146. The van der Waals surface area contributed by atoms with Crippen LogP contribution < -0.4 is 9.80 Å². The normalized spacial score (nSPS) is 24.3. The molecule has 1 spiro atoms. The molecule has 12 heteroatoms. The van der Waals surface area contributed by atoms with Crippen LogP contribution in [0.2, 0.25) is 18.6 Å². The van der Waals surface area contributed by atoms with Crippen molar-refractivity contribution in [2.24, 2.45) is 5.92 Å². The Labute approximate surface area is 289 Å². The molecule has 2 fully saturated rings. The van der Waals surface area contributed by atoms with E-state index < -0.39 is 20.0 Å². The predicted octanol–water partition coefficient (Wildman–Crippen LogP) is 5.34. The van der Waals surface area contributed by atoms with Gasteiger partial charge in [-0.15, -0.1) is 5.10 Å². The topological polar surface area (TPSA) is 121 Å². The number of nitrogens with zero attached hydrogens (tertiary/aromatic N) is 5. The highest BCUT2D eigenvalue weighted by atomic mass is 79.9. The van der Waals surface area contributed by atoms with Gasteiger partial charge in [0.2, 0.25) is 5.91 Å². The molecule has 2 amide bonds. The quantitative estimate of drug-likeness (QED) is 0.167. The summed E-state index contributed by atoms with van der Waals surface area (Å²) in [4.78, 5) is 42.2. The Bertz CT molecular complexity index is 1850. The largest absolute Gasteiger partial charge is 0.432 e. The smallest absolute Gasteiger partial charge is 0.264 e. The number of carbonyl (C=O) groups excluding carboxylic acids is 2. The lowest BCUT2D eigenvalue weighted by Crippen LogP contribution is -2.46. The average molecular weight is 731 g/mol. The average Bonchev–Trinajstić information content (AvgIpc) is 3.71. The van der Waals surface area contributed by atoms with Crippen LogP contribution in [0, 0.1) is 5.92 Å². The summed E-state index contributed by atoms with van der Waals surface area (Å²) in [6.07, 6.45) is 2.53. The fourth-order valence-electron chi connectivity index (χ4n) is 7.97. The van der Waals surface area contributed by atoms with E-state index in [0.29, 0.717) is 38.2 Å². The molecule has 2 saturated heterocycles. The van der Waals surface area contributed by atoms with Crippen LogP contribution in [-0.4, -0.2) is 64.3 Å². The molecule has 0 aliphatic carbocycles. The molecule has 3 aliphatic rings. The highest BCUT2D eigenvalue weighted by Crippen LogP contribution is 2.60. The first-order valence-corrected chi connectivity index (χ1v) is 20.3. The van der Waals surface area contributed by atoms with Crippen molar-refractivity contribution in [3.8, 4) is 0 Å². The molecule has 1 unspecified atom stereocenters. The highest BCUT2D eigenvalue weighted by molar-refractivity contribution is 9.10. The van der Waals surface area contributed by atoms with Crippen molar-refractivity contribution in [1.82, 2.24) is 15.0 Å². The SMILES string of the molecule is C[C@H]1[C@H]([Si](C)(C)O)[C@@H](CCn2cc(C(CO)c3ccccc3)nn2)O[C@]12C(=O)N(Cc1cccc(N3CCC3=O)c1)c1ccc(Br)cc12. The Morgan fingerprint density at radius 3 is 2.56 bits per heavy atom. The van der Waals surface area contributed by atoms with Crippen LogP contribution in [-0.2, 0) is 33.0 Å². The Morgan fingerprint density at radius 1 is 1.08 bits per heavy atom. The lowest BCUT2D eigenvalue weighted by atomic mass is 9.82. The number of rotatable bonds is 10. The van der Waals surface area contributed by atoms with Gasteiger partial charge >= 0.3 is 0 Å². The molecule has 3 aliphatic heterocycles. The maximum absolute atomic E-state index is 14.8. The van der Waals surface area contributed by atoms with E-state index in [9.17, 15) is 19.5 Å². The summed E-state index contributed by atoms with van der Waals surface area (Å²) in [7, 11) is -2.85. The van der Waals surface area contributed by atoms with E-state index in [2.05, 4.69) is 26.2 Å². The van der Waals surface area contributed by atoms with Gasteiger partial charge in [-0.1, -0.05) is 70.5 Å². The van der Waals surface area contributed by atoms with Crippen LogP contribution in [0.25, 0.3) is 0 Å². The molecule has 10 nitrogen and oxygen atoms in total. The fourth-order valence-corrected chi connectivity index (χ4v) is 10.9. The third kappa shape index (κ3) is 5.63. The Kier molecular flexibility index (Phi) is 8.65. The summed E-state index contributed by atoms with van der Waals surface area (Å²) in [5, 5.41) is 18.9. The van der Waals surface area contributed by atoms with Gasteiger partial charge in [-0.2, -0.15) is 0 Å². The molecule has 4 heterocycles. The van der Waals surface area contributed by atoms with Gasteiger partial charge in [0.25, 0.3) is 5.91 Å². The van der Waals surface area contributed by atoms with Crippen molar-refractivity contribution < 1.29 is 24.2 Å². The van der Waals surface area contributed by atoms with Gasteiger partial charge in [-0.25, -0.2) is 0 Å². The molecule has 4 aromatic rings. The number of aliphatic hydroxyl groups excluding tert-OH is 1. The van der Waals surface area contributed by atoms with Gasteiger partial charge in [-0.05, 0) is 61.0 Å². The molecular formula is C36H40BrN5O5Si. The van der Waals surface area contributed by atoms with Crippen molar-refractivity contribution in [3.63, 3.8) is 0 Å². The molecule has 3 aromatic carbocycles. The number of anilines is 2. The first kappa shape index (κ1) is 32.8. The van der Waals surface area contributed by atoms with Crippen LogP contribution in [0.4, 0.5) is 11.4 Å². The van der Waals surface area contributed by atoms with Gasteiger partial charge < -0.3 is 24.4 Å². The number of amides is 2. The predicted molar refractivity (Wildman–Crippen MR) is 188 cm³/mol. The molecule has 0 bridgehead atoms. The molecular weight excluding hydrogens is 690 g/mol. The van der Waals surface area contributed by atoms with Gasteiger partial charge in [0.1, 0.15) is 0 Å². The Balaban J connectivity index is 1.17. The minimum atomic E-state index is -2.85. The van der Waals surface area contributed by atoms with Crippen molar-refractivity contribution in [2.45, 2.75) is 69.1 Å². The number of carbonyl (C=O) groups is 2. The Hall–Kier alpha value is -3.68. The summed E-state index contributed by atoms with van der Waals surface area (Å²) < 4.78 is 9.60. The third-order valence-electron chi connectivity index (χ3n) is 10.3. The van der Waals surface area contributed by atoms with E-state index in [1.807, 2.05) is 99.0 Å². The van der Waals surface area contributed by atoms with E-state index in [0.717, 1.165) is 32.5 Å². The zero-order valence-corrected chi connectivity index (χ0v) is 29.9. The second-order valence-corrected chi connectivity index (χ2v) is 18.6. The molecule has 7 rings (SSSR count). The van der Waals surface area contributed by atoms with Crippen LogP contribution in [0.1, 0.15) is 48.1 Å². The zero-order valence-electron chi connectivity index (χ0n) is 27.3. The van der Waals surface area contributed by atoms with Crippen LogP contribution in [0.3, 0.4) is 0 Å². The number of β-lactam (4-membered cyclic amide) rings is 1. The van der Waals surface area contributed by atoms with E-state index in [-0.39, 0.29) is 35.8 Å². The van der Waals surface area contributed by atoms with Crippen molar-refractivity contribution >= 4 is 47.4 Å². The number of ether oxygens (including phenoxy) is 1. The summed E-state index contributed by atoms with van der Waals surface area (Å²) in [6.45, 7) is 7.29. The van der Waals surface area contributed by atoms with Gasteiger partial charge in [0.15, 0.2) is 13.9 Å². The second kappa shape index (κ2) is 12.6. The summed E-state index contributed by atoms with van der Waals surface area (Å²) in [5.74, 6) is -0.623. The van der Waals surface area contributed by atoms with E-state index in [1.165, 1.54) is 0 Å². The van der Waals surface area contributed by atoms with Crippen LogP contribution in [0.5, 0.6) is 0 Å². The molecule has 250 valence electrons. The molecule has 2 N–H and O–H groups in total. The fraction of sp³-hybridized carbons (Fsp3) is 0.389. The first-order chi connectivity index (χ1) is 23.0. The number of fused-ring (bicyclic) bond motifs is 2. The molecule has 48 heavy (non-hydrogen) atoms. The van der Waals surface area contributed by atoms with Crippen molar-refractivity contribution in [3.05, 3.63) is 106 Å². The van der Waals surface area contributed by atoms with E-state index in [4.69, 9.17) is 4.74 Å². The second-order valence-electron chi connectivity index (χ2n) is 13.7. The van der Waals surface area contributed by atoms with Gasteiger partial charge in [0, 0.05) is 52.9 Å². The molecule has 1 aromatic heterocycles. The van der Waals surface area contributed by atoms with E-state index >= 15 is 0 Å². The summed E-state index contributed by atoms with van der Waals surface area (Å²) in [5.41, 5.74) is 3.48. The summed E-state index contributed by atoms with van der Waals surface area (Å²) in [6, 6.07) is 23.4. The number of halogens is 1. The highest BCUT2D eigenvalue weighted by Gasteiger charge is 2.66. The van der Waals surface area contributed by atoms with Crippen LogP contribution in [0.15, 0.2) is 83.5 Å². The minimum absolute atomic E-state index is 0.0882. The molecule has 5 atom stereocenters. The number of hydrogen-bond donors (Lipinski definition) is 2. The standard InChI is InChI=1S/C36H40BrN5O5Si/c1-23-34(48(2,3)46)32(14-16-40-21-30(38-39-40)28(22-43)25-9-5-4-6-10-25)47-36(23)29-19-26(37)12-13-31(29)42(35(36)45)20-24-8-7-11-27(18-24)41-17-15-33(41)44/h4-13,18-19,21,23,28,32,34,43,46H,14-17,20,22H2,1-3H3/t23-,28?,32+,34-,36+/m0/s1. The van der Waals surface area contributed by atoms with Crippen molar-refractivity contribution in [2.75, 3.05) is 23.0 Å². The monoisotopic (exact) mass is 729 g/mol. The molecule has 0 saturated carbocycles. The number of aromatic nitrogens is 3. The first-order valence-electron chi connectivity index (χ1n) is 16.5. The molecule has 0 radical (unpaired) electrons. The number of aliphatic hydroxyl groups is 1.